The number of ether oxygens (including phenoxy) is 3. The molecule has 24 heavy (non-hydrogen) atoms. The third-order valence-corrected chi connectivity index (χ3v) is 4.21. The van der Waals surface area contributed by atoms with Crippen LogP contribution in [0.15, 0.2) is 12.1 Å². The summed E-state index contributed by atoms with van der Waals surface area (Å²) in [7, 11) is 0. The van der Waals surface area contributed by atoms with Crippen LogP contribution >= 0.6 is 11.6 Å². The van der Waals surface area contributed by atoms with Crippen molar-refractivity contribution in [3.63, 3.8) is 0 Å². The summed E-state index contributed by atoms with van der Waals surface area (Å²) in [5, 5.41) is 16.6. The SMILES string of the molecule is O=C(CC1COCCN1)NCC(O)c1cc(Cl)c2c(c1)OCCO2. The zero-order chi connectivity index (χ0) is 16.9. The van der Waals surface area contributed by atoms with Crippen LogP contribution in [0.25, 0.3) is 0 Å². The van der Waals surface area contributed by atoms with Crippen molar-refractivity contribution in [3.05, 3.63) is 22.7 Å². The molecule has 0 aliphatic carbocycles. The number of fused-ring (bicyclic) bond motifs is 1. The molecule has 3 N–H and O–H groups in total. The van der Waals surface area contributed by atoms with Crippen LogP contribution < -0.4 is 20.1 Å². The molecule has 1 saturated heterocycles. The minimum absolute atomic E-state index is 0.0135. The Morgan fingerprint density at radius 2 is 2.21 bits per heavy atom. The predicted octanol–water partition coefficient (Wildman–Crippen LogP) is 0.639. The van der Waals surface area contributed by atoms with Gasteiger partial charge < -0.3 is 30.0 Å². The lowest BCUT2D eigenvalue weighted by atomic mass is 10.1. The number of hydrogen-bond acceptors (Lipinski definition) is 6. The van der Waals surface area contributed by atoms with Gasteiger partial charge in [0.2, 0.25) is 5.91 Å². The zero-order valence-electron chi connectivity index (χ0n) is 13.2. The molecule has 1 amide bonds. The van der Waals surface area contributed by atoms with Crippen molar-refractivity contribution in [2.75, 3.05) is 39.5 Å². The maximum atomic E-state index is 12.0. The van der Waals surface area contributed by atoms with Gasteiger partial charge in [0.25, 0.3) is 0 Å². The van der Waals surface area contributed by atoms with Crippen molar-refractivity contribution in [1.29, 1.82) is 0 Å². The number of aliphatic hydroxyl groups is 1. The van der Waals surface area contributed by atoms with E-state index in [1.165, 1.54) is 0 Å². The van der Waals surface area contributed by atoms with Crippen LogP contribution in [0.3, 0.4) is 0 Å². The molecule has 1 aromatic carbocycles. The summed E-state index contributed by atoms with van der Waals surface area (Å²) in [6, 6.07) is 3.33. The van der Waals surface area contributed by atoms with E-state index >= 15 is 0 Å². The second kappa shape index (κ2) is 8.02. The summed E-state index contributed by atoms with van der Waals surface area (Å²) < 4.78 is 16.2. The highest BCUT2D eigenvalue weighted by molar-refractivity contribution is 6.32. The molecule has 2 aliphatic rings. The fourth-order valence-electron chi connectivity index (χ4n) is 2.70. The van der Waals surface area contributed by atoms with Crippen LogP contribution in [-0.2, 0) is 9.53 Å². The summed E-state index contributed by atoms with van der Waals surface area (Å²) in [5.74, 6) is 0.865. The normalized spacial score (nSPS) is 21.2. The lowest BCUT2D eigenvalue weighted by Crippen LogP contribution is -2.44. The Balaban J connectivity index is 1.53. The topological polar surface area (TPSA) is 89.1 Å². The van der Waals surface area contributed by atoms with Gasteiger partial charge in [0, 0.05) is 25.6 Å². The van der Waals surface area contributed by atoms with E-state index in [9.17, 15) is 9.90 Å². The maximum absolute atomic E-state index is 12.0. The molecule has 3 rings (SSSR count). The number of nitrogens with one attached hydrogen (secondary N) is 2. The molecule has 0 aromatic heterocycles. The van der Waals surface area contributed by atoms with Gasteiger partial charge in [-0.3, -0.25) is 4.79 Å². The molecule has 2 aliphatic heterocycles. The number of morpholine rings is 1. The molecule has 1 aromatic rings. The molecule has 2 heterocycles. The van der Waals surface area contributed by atoms with E-state index in [1.807, 2.05) is 0 Å². The smallest absolute Gasteiger partial charge is 0.221 e. The van der Waals surface area contributed by atoms with E-state index in [0.29, 0.717) is 54.9 Å². The Hall–Kier alpha value is -1.54. The van der Waals surface area contributed by atoms with Crippen LogP contribution in [-0.4, -0.2) is 56.6 Å². The first-order chi connectivity index (χ1) is 11.6. The van der Waals surface area contributed by atoms with Crippen LogP contribution in [0.4, 0.5) is 0 Å². The molecule has 0 spiro atoms. The van der Waals surface area contributed by atoms with Gasteiger partial charge in [-0.1, -0.05) is 11.6 Å². The minimum Gasteiger partial charge on any atom is -0.486 e. The van der Waals surface area contributed by atoms with Crippen molar-refractivity contribution < 1.29 is 24.1 Å². The van der Waals surface area contributed by atoms with Crippen molar-refractivity contribution in [3.8, 4) is 11.5 Å². The third-order valence-electron chi connectivity index (χ3n) is 3.93. The highest BCUT2D eigenvalue weighted by Gasteiger charge is 2.21. The summed E-state index contributed by atoms with van der Waals surface area (Å²) in [5.41, 5.74) is 0.573. The monoisotopic (exact) mass is 356 g/mol. The van der Waals surface area contributed by atoms with Gasteiger partial charge >= 0.3 is 0 Å². The molecule has 0 saturated carbocycles. The van der Waals surface area contributed by atoms with E-state index < -0.39 is 6.10 Å². The van der Waals surface area contributed by atoms with Crippen molar-refractivity contribution in [1.82, 2.24) is 10.6 Å². The summed E-state index contributed by atoms with van der Waals surface area (Å²) >= 11 is 6.16. The lowest BCUT2D eigenvalue weighted by molar-refractivity contribution is -0.122. The Kier molecular flexibility index (Phi) is 5.78. The Labute approximate surface area is 145 Å². The number of hydrogen-bond donors (Lipinski definition) is 3. The summed E-state index contributed by atoms with van der Waals surface area (Å²) in [4.78, 5) is 12.0. The van der Waals surface area contributed by atoms with Gasteiger partial charge in [-0.25, -0.2) is 0 Å². The van der Waals surface area contributed by atoms with E-state index in [-0.39, 0.29) is 18.5 Å². The molecule has 0 bridgehead atoms. The largest absolute Gasteiger partial charge is 0.486 e. The predicted molar refractivity (Wildman–Crippen MR) is 87.6 cm³/mol. The van der Waals surface area contributed by atoms with Crippen LogP contribution in [0.2, 0.25) is 5.02 Å². The van der Waals surface area contributed by atoms with Gasteiger partial charge in [0.1, 0.15) is 13.2 Å². The number of carbonyl (C=O) groups excluding carboxylic acids is 1. The quantitative estimate of drug-likeness (QED) is 0.717. The Morgan fingerprint density at radius 3 is 3.00 bits per heavy atom. The van der Waals surface area contributed by atoms with E-state index in [1.54, 1.807) is 12.1 Å². The van der Waals surface area contributed by atoms with Crippen LogP contribution in [0, 0.1) is 0 Å². The summed E-state index contributed by atoms with van der Waals surface area (Å²) in [6.07, 6.45) is -0.563. The number of halogens is 1. The molecule has 2 unspecified atom stereocenters. The maximum Gasteiger partial charge on any atom is 0.221 e. The molecular weight excluding hydrogens is 336 g/mol. The second-order valence-electron chi connectivity index (χ2n) is 5.78. The van der Waals surface area contributed by atoms with E-state index in [2.05, 4.69) is 10.6 Å². The van der Waals surface area contributed by atoms with Crippen LogP contribution in [0.5, 0.6) is 11.5 Å². The third kappa shape index (κ3) is 4.30. The molecule has 7 nitrogen and oxygen atoms in total. The zero-order valence-corrected chi connectivity index (χ0v) is 14.0. The Morgan fingerprint density at radius 1 is 1.38 bits per heavy atom. The van der Waals surface area contributed by atoms with Gasteiger partial charge in [-0.05, 0) is 17.7 Å². The van der Waals surface area contributed by atoms with Gasteiger partial charge in [-0.15, -0.1) is 0 Å². The Bertz CT molecular complexity index is 592. The molecule has 0 radical (unpaired) electrons. The average Bonchev–Trinajstić information content (AvgIpc) is 2.60. The van der Waals surface area contributed by atoms with Gasteiger partial charge in [0.05, 0.1) is 24.3 Å². The molecule has 8 heteroatoms. The fraction of sp³-hybridized carbons (Fsp3) is 0.562. The fourth-order valence-corrected chi connectivity index (χ4v) is 2.97. The number of carbonyl (C=O) groups is 1. The van der Waals surface area contributed by atoms with Crippen molar-refractivity contribution in [2.45, 2.75) is 18.6 Å². The highest BCUT2D eigenvalue weighted by atomic mass is 35.5. The highest BCUT2D eigenvalue weighted by Crippen LogP contribution is 2.39. The van der Waals surface area contributed by atoms with E-state index in [4.69, 9.17) is 25.8 Å². The summed E-state index contributed by atoms with van der Waals surface area (Å²) in [6.45, 7) is 2.92. The van der Waals surface area contributed by atoms with Crippen molar-refractivity contribution in [2.24, 2.45) is 0 Å². The number of benzene rings is 1. The van der Waals surface area contributed by atoms with Crippen LogP contribution in [0.1, 0.15) is 18.1 Å². The number of rotatable bonds is 5. The standard InChI is InChI=1S/C16H21ClN2O5/c17-12-5-10(6-14-16(12)24-4-3-23-14)13(20)8-19-15(21)7-11-9-22-2-1-18-11/h5-6,11,13,18,20H,1-4,7-9H2,(H,19,21). The van der Waals surface area contributed by atoms with Gasteiger partial charge in [0.15, 0.2) is 11.5 Å². The first kappa shape index (κ1) is 17.3. The lowest BCUT2D eigenvalue weighted by Gasteiger charge is -2.24. The molecular formula is C16H21ClN2O5. The number of aliphatic hydroxyl groups excluding tert-OH is 1. The van der Waals surface area contributed by atoms with Gasteiger partial charge in [-0.2, -0.15) is 0 Å². The van der Waals surface area contributed by atoms with E-state index in [0.717, 1.165) is 6.54 Å². The average molecular weight is 357 g/mol. The minimum atomic E-state index is -0.877. The second-order valence-corrected chi connectivity index (χ2v) is 6.18. The molecule has 132 valence electrons. The van der Waals surface area contributed by atoms with Crippen molar-refractivity contribution >= 4 is 17.5 Å². The first-order valence-electron chi connectivity index (χ1n) is 7.98. The first-order valence-corrected chi connectivity index (χ1v) is 8.36. The molecule has 1 fully saturated rings. The molecule has 2 atom stereocenters. The number of amides is 1.